The van der Waals surface area contributed by atoms with Gasteiger partial charge in [-0.15, -0.1) is 0 Å². The standard InChI is InChI=1S/C34H44N6O6/c1-20(2)29-30(42)35-21(3)31(43)40-16-6-7-27(38-40)32(44)46-22(4)26-11-10-25-9-8-24(19-28(25)36-26)12-13-34(33(45)37-29)14-17-39(18-15-34)23(5)41/h8-13,19-22,27,29,38H,6-7,14-18H2,1-5H3,(H,35,42)(H,37,45)/b13-12+/t21-,22+,27-,29-/m0/s1. The zero-order valence-electron chi connectivity index (χ0n) is 27.2. The van der Waals surface area contributed by atoms with E-state index in [0.29, 0.717) is 56.5 Å². The number of pyridine rings is 1. The fourth-order valence-electron chi connectivity index (χ4n) is 6.28. The topological polar surface area (TPSA) is 150 Å². The Morgan fingerprint density at radius 2 is 1.74 bits per heavy atom. The molecule has 3 N–H and O–H groups in total. The summed E-state index contributed by atoms with van der Waals surface area (Å²) >= 11 is 0. The van der Waals surface area contributed by atoms with Crippen LogP contribution in [0.2, 0.25) is 0 Å². The van der Waals surface area contributed by atoms with Crippen molar-refractivity contribution in [2.45, 2.75) is 84.5 Å². The Morgan fingerprint density at radius 3 is 2.43 bits per heavy atom. The molecule has 1 spiro atoms. The summed E-state index contributed by atoms with van der Waals surface area (Å²) < 4.78 is 5.79. The molecule has 3 aliphatic heterocycles. The van der Waals surface area contributed by atoms with E-state index >= 15 is 0 Å². The molecular weight excluding hydrogens is 588 g/mol. The number of benzene rings is 1. The third kappa shape index (κ3) is 7.06. The van der Waals surface area contributed by atoms with Crippen molar-refractivity contribution >= 4 is 46.6 Å². The normalized spacial score (nSPS) is 26.9. The van der Waals surface area contributed by atoms with Crippen LogP contribution in [-0.2, 0) is 28.7 Å². The van der Waals surface area contributed by atoms with Crippen LogP contribution in [0.15, 0.2) is 36.4 Å². The molecule has 5 rings (SSSR count). The van der Waals surface area contributed by atoms with Gasteiger partial charge in [-0.1, -0.05) is 44.2 Å². The number of esters is 1. The number of fused-ring (bicyclic) bond motifs is 4. The van der Waals surface area contributed by atoms with E-state index in [9.17, 15) is 24.0 Å². The fourth-order valence-corrected chi connectivity index (χ4v) is 6.28. The molecule has 246 valence electrons. The summed E-state index contributed by atoms with van der Waals surface area (Å²) in [7, 11) is 0. The van der Waals surface area contributed by atoms with Gasteiger partial charge in [0, 0.05) is 31.9 Å². The number of aromatic nitrogens is 1. The molecule has 1 aromatic heterocycles. The van der Waals surface area contributed by atoms with Crippen molar-refractivity contribution in [1.29, 1.82) is 0 Å². The smallest absolute Gasteiger partial charge is 0.325 e. The average Bonchev–Trinajstić information content (AvgIpc) is 3.04. The van der Waals surface area contributed by atoms with Gasteiger partial charge >= 0.3 is 5.97 Å². The second-order valence-electron chi connectivity index (χ2n) is 13.0. The number of hydrogen-bond donors (Lipinski definition) is 3. The summed E-state index contributed by atoms with van der Waals surface area (Å²) in [6.07, 6.45) is 4.96. The van der Waals surface area contributed by atoms with Gasteiger partial charge in [-0.3, -0.25) is 29.0 Å². The zero-order chi connectivity index (χ0) is 33.2. The molecule has 2 fully saturated rings. The van der Waals surface area contributed by atoms with Crippen LogP contribution < -0.4 is 16.1 Å². The molecule has 46 heavy (non-hydrogen) atoms. The van der Waals surface area contributed by atoms with Crippen LogP contribution in [0.25, 0.3) is 17.0 Å². The van der Waals surface area contributed by atoms with E-state index in [4.69, 9.17) is 9.72 Å². The highest BCUT2D eigenvalue weighted by Gasteiger charge is 2.42. The van der Waals surface area contributed by atoms with Gasteiger partial charge in [-0.05, 0) is 63.1 Å². The number of hydrazine groups is 1. The minimum absolute atomic E-state index is 0.0501. The van der Waals surface area contributed by atoms with Crippen molar-refractivity contribution < 1.29 is 28.7 Å². The number of amides is 4. The van der Waals surface area contributed by atoms with Gasteiger partial charge in [0.1, 0.15) is 24.2 Å². The molecule has 0 aliphatic carbocycles. The van der Waals surface area contributed by atoms with E-state index in [2.05, 4.69) is 16.1 Å². The first-order valence-corrected chi connectivity index (χ1v) is 16.1. The molecule has 2 saturated heterocycles. The second-order valence-corrected chi connectivity index (χ2v) is 13.0. The van der Waals surface area contributed by atoms with Crippen LogP contribution in [-0.4, -0.2) is 82.3 Å². The third-order valence-electron chi connectivity index (χ3n) is 9.30. The fraction of sp³-hybridized carbons (Fsp3) is 0.529. The number of likely N-dealkylation sites (tertiary alicyclic amines) is 1. The number of carbonyl (C=O) groups excluding carboxylic acids is 5. The molecule has 2 aromatic rings. The number of carbonyl (C=O) groups is 5. The maximum absolute atomic E-state index is 14.1. The molecule has 0 unspecified atom stereocenters. The average molecular weight is 633 g/mol. The number of ether oxygens (including phenoxy) is 1. The number of nitrogens with zero attached hydrogens (tertiary/aromatic N) is 3. The third-order valence-corrected chi connectivity index (χ3v) is 9.30. The number of hydrogen-bond acceptors (Lipinski definition) is 8. The van der Waals surface area contributed by atoms with Crippen LogP contribution in [0.3, 0.4) is 0 Å². The summed E-state index contributed by atoms with van der Waals surface area (Å²) in [6.45, 7) is 9.69. The summed E-state index contributed by atoms with van der Waals surface area (Å²) in [5, 5.41) is 8.02. The van der Waals surface area contributed by atoms with Crippen molar-refractivity contribution in [3.05, 3.63) is 47.7 Å². The highest BCUT2D eigenvalue weighted by molar-refractivity contribution is 5.94. The molecule has 4 heterocycles. The molecular formula is C34H44N6O6. The molecule has 12 nitrogen and oxygen atoms in total. The van der Waals surface area contributed by atoms with E-state index < -0.39 is 47.4 Å². The lowest BCUT2D eigenvalue weighted by atomic mass is 9.76. The van der Waals surface area contributed by atoms with Crippen LogP contribution in [0.5, 0.6) is 0 Å². The number of nitrogens with one attached hydrogen (secondary N) is 3. The van der Waals surface area contributed by atoms with Crippen molar-refractivity contribution in [3.63, 3.8) is 0 Å². The summed E-state index contributed by atoms with van der Waals surface area (Å²) in [4.78, 5) is 72.8. The van der Waals surface area contributed by atoms with Crippen molar-refractivity contribution in [2.75, 3.05) is 19.6 Å². The number of piperidine rings is 1. The minimum Gasteiger partial charge on any atom is -0.455 e. The van der Waals surface area contributed by atoms with Crippen LogP contribution >= 0.6 is 0 Å². The largest absolute Gasteiger partial charge is 0.455 e. The first kappa shape index (κ1) is 33.1. The Morgan fingerprint density at radius 1 is 1.02 bits per heavy atom. The first-order chi connectivity index (χ1) is 21.9. The molecule has 4 amide bonds. The minimum atomic E-state index is -0.973. The van der Waals surface area contributed by atoms with E-state index in [0.717, 1.165) is 10.9 Å². The second kappa shape index (κ2) is 13.6. The highest BCUT2D eigenvalue weighted by Crippen LogP contribution is 2.35. The Bertz CT molecular complexity index is 1550. The molecule has 0 saturated carbocycles. The zero-order valence-corrected chi connectivity index (χ0v) is 27.2. The summed E-state index contributed by atoms with van der Waals surface area (Å²) in [5.74, 6) is -2.01. The van der Waals surface area contributed by atoms with E-state index in [1.54, 1.807) is 18.7 Å². The van der Waals surface area contributed by atoms with Crippen molar-refractivity contribution in [1.82, 2.24) is 31.0 Å². The summed E-state index contributed by atoms with van der Waals surface area (Å²) in [5.41, 5.74) is 4.12. The maximum atomic E-state index is 14.1. The molecule has 4 atom stereocenters. The van der Waals surface area contributed by atoms with Gasteiger partial charge in [0.2, 0.25) is 17.7 Å². The van der Waals surface area contributed by atoms with Crippen molar-refractivity contribution in [2.24, 2.45) is 11.3 Å². The molecule has 0 radical (unpaired) electrons. The van der Waals surface area contributed by atoms with Gasteiger partial charge in [-0.25, -0.2) is 10.4 Å². The Balaban J connectivity index is 1.53. The molecule has 1 aromatic carbocycles. The van der Waals surface area contributed by atoms with Gasteiger partial charge in [-0.2, -0.15) is 0 Å². The van der Waals surface area contributed by atoms with Crippen molar-refractivity contribution in [3.8, 4) is 0 Å². The predicted molar refractivity (Wildman–Crippen MR) is 171 cm³/mol. The number of rotatable bonds is 1. The van der Waals surface area contributed by atoms with Gasteiger partial charge in [0.25, 0.3) is 5.91 Å². The highest BCUT2D eigenvalue weighted by atomic mass is 16.5. The monoisotopic (exact) mass is 632 g/mol. The Hall–Kier alpha value is -4.32. The Labute approximate surface area is 269 Å². The van der Waals surface area contributed by atoms with E-state index in [1.165, 1.54) is 11.9 Å². The Kier molecular flexibility index (Phi) is 9.76. The quantitative estimate of drug-likeness (QED) is 0.406. The van der Waals surface area contributed by atoms with Crippen LogP contribution in [0.1, 0.15) is 77.7 Å². The number of cyclic esters (lactones) is 1. The SMILES string of the molecule is CC(=O)N1CCC2(/C=C/c3ccc4ccc(nc4c3)[C@@H](C)OC(=O)[C@@H]3CCCN(N3)C(=O)[C@H](C)NC(=O)[C@H](C(C)C)NC2=O)CC1. The van der Waals surface area contributed by atoms with E-state index in [1.807, 2.05) is 56.3 Å². The maximum Gasteiger partial charge on any atom is 0.325 e. The van der Waals surface area contributed by atoms with Crippen LogP contribution in [0.4, 0.5) is 0 Å². The van der Waals surface area contributed by atoms with Gasteiger partial charge < -0.3 is 20.3 Å². The van der Waals surface area contributed by atoms with Gasteiger partial charge in [0.15, 0.2) is 0 Å². The predicted octanol–water partition coefficient (Wildman–Crippen LogP) is 2.64. The molecule has 12 heteroatoms. The lowest BCUT2D eigenvalue weighted by Gasteiger charge is -2.39. The lowest BCUT2D eigenvalue weighted by molar-refractivity contribution is -0.157. The van der Waals surface area contributed by atoms with E-state index in [-0.39, 0.29) is 17.7 Å². The van der Waals surface area contributed by atoms with Crippen LogP contribution in [0, 0.1) is 11.3 Å². The lowest BCUT2D eigenvalue weighted by Crippen LogP contribution is -2.61. The summed E-state index contributed by atoms with van der Waals surface area (Å²) in [6, 6.07) is 7.00. The first-order valence-electron chi connectivity index (χ1n) is 16.1. The van der Waals surface area contributed by atoms with Gasteiger partial charge in [0.05, 0.1) is 16.6 Å². The molecule has 5 bridgehead atoms. The molecule has 3 aliphatic rings.